The van der Waals surface area contributed by atoms with Gasteiger partial charge < -0.3 is 20.1 Å². The van der Waals surface area contributed by atoms with Crippen molar-refractivity contribution >= 4 is 6.03 Å². The van der Waals surface area contributed by atoms with Crippen LogP contribution in [0, 0.1) is 5.92 Å². The molecule has 3 rings (SSSR count). The van der Waals surface area contributed by atoms with Gasteiger partial charge in [-0.05, 0) is 38.0 Å². The lowest BCUT2D eigenvalue weighted by Crippen LogP contribution is -2.48. The van der Waals surface area contributed by atoms with Crippen LogP contribution in [0.25, 0.3) is 0 Å². The highest BCUT2D eigenvalue weighted by Gasteiger charge is 2.23. The number of likely N-dealkylation sites (tertiary alicyclic amines) is 1. The summed E-state index contributed by atoms with van der Waals surface area (Å²) in [5, 5.41) is 9.89. The molecule has 140 valence electrons. The molecule has 1 saturated heterocycles. The quantitative estimate of drug-likeness (QED) is 0.829. The van der Waals surface area contributed by atoms with Gasteiger partial charge in [0, 0.05) is 31.7 Å². The van der Waals surface area contributed by atoms with Crippen molar-refractivity contribution < 1.29 is 9.32 Å². The second-order valence-electron chi connectivity index (χ2n) is 7.54. The van der Waals surface area contributed by atoms with Crippen LogP contribution in [-0.4, -0.2) is 41.8 Å². The lowest BCUT2D eigenvalue weighted by Gasteiger charge is -2.35. The summed E-state index contributed by atoms with van der Waals surface area (Å²) < 4.78 is 5.18. The van der Waals surface area contributed by atoms with E-state index < -0.39 is 0 Å². The molecule has 0 bridgehead atoms. The topological polar surface area (TPSA) is 70.4 Å². The van der Waals surface area contributed by atoms with Gasteiger partial charge in [0.25, 0.3) is 0 Å². The van der Waals surface area contributed by atoms with Crippen molar-refractivity contribution in [3.8, 4) is 0 Å². The number of nitrogens with zero attached hydrogens (tertiary/aromatic N) is 2. The molecule has 2 aliphatic rings. The summed E-state index contributed by atoms with van der Waals surface area (Å²) in [7, 11) is 0. The molecule has 0 unspecified atom stereocenters. The van der Waals surface area contributed by atoms with Crippen LogP contribution in [0.1, 0.15) is 63.3 Å². The summed E-state index contributed by atoms with van der Waals surface area (Å²) >= 11 is 0. The van der Waals surface area contributed by atoms with Crippen LogP contribution in [0.3, 0.4) is 0 Å². The van der Waals surface area contributed by atoms with E-state index in [1.807, 2.05) is 13.0 Å². The number of nitrogens with one attached hydrogen (secondary N) is 2. The Balaban J connectivity index is 1.31. The molecule has 25 heavy (non-hydrogen) atoms. The van der Waals surface area contributed by atoms with Gasteiger partial charge in [-0.2, -0.15) is 0 Å². The van der Waals surface area contributed by atoms with Crippen LogP contribution in [0.5, 0.6) is 0 Å². The lowest BCUT2D eigenvalue weighted by atomic mass is 9.88. The van der Waals surface area contributed by atoms with Gasteiger partial charge in [-0.25, -0.2) is 4.79 Å². The third kappa shape index (κ3) is 5.73. The Labute approximate surface area is 150 Å². The van der Waals surface area contributed by atoms with E-state index in [0.29, 0.717) is 12.3 Å². The zero-order chi connectivity index (χ0) is 17.5. The van der Waals surface area contributed by atoms with E-state index in [1.54, 1.807) is 0 Å². The summed E-state index contributed by atoms with van der Waals surface area (Å²) in [6.07, 6.45) is 9.98. The summed E-state index contributed by atoms with van der Waals surface area (Å²) in [5.74, 6) is 1.60. The fourth-order valence-corrected chi connectivity index (χ4v) is 4.00. The van der Waals surface area contributed by atoms with Crippen molar-refractivity contribution in [3.05, 3.63) is 17.5 Å². The van der Waals surface area contributed by atoms with E-state index in [-0.39, 0.29) is 12.1 Å². The molecule has 2 fully saturated rings. The lowest BCUT2D eigenvalue weighted by molar-refractivity contribution is 0.155. The molecule has 6 heteroatoms. The van der Waals surface area contributed by atoms with Crippen LogP contribution in [0.15, 0.2) is 10.6 Å². The molecule has 1 aromatic rings. The Hall–Kier alpha value is -1.56. The van der Waals surface area contributed by atoms with Crippen LogP contribution in [0.4, 0.5) is 4.79 Å². The standard InChI is InChI=1S/C19H32N4O2/c1-2-16-12-18(25-22-16)13-20-19(24)21-17-8-10-23(11-9-17)14-15-6-4-3-5-7-15/h12,15,17H,2-11,13-14H2,1H3,(H2,20,21,24). The molecule has 2 amide bonds. The van der Waals surface area contributed by atoms with E-state index in [2.05, 4.69) is 20.7 Å². The van der Waals surface area contributed by atoms with Crippen molar-refractivity contribution in [1.29, 1.82) is 0 Å². The number of amides is 2. The first kappa shape index (κ1) is 18.2. The largest absolute Gasteiger partial charge is 0.359 e. The fourth-order valence-electron chi connectivity index (χ4n) is 4.00. The molecule has 1 aliphatic heterocycles. The first-order valence-electron chi connectivity index (χ1n) is 9.94. The van der Waals surface area contributed by atoms with Gasteiger partial charge in [0.2, 0.25) is 0 Å². The Morgan fingerprint density at radius 2 is 2.00 bits per heavy atom. The van der Waals surface area contributed by atoms with Crippen molar-refractivity contribution in [1.82, 2.24) is 20.7 Å². The zero-order valence-electron chi connectivity index (χ0n) is 15.4. The van der Waals surface area contributed by atoms with Gasteiger partial charge in [-0.15, -0.1) is 0 Å². The SMILES string of the molecule is CCc1cc(CNC(=O)NC2CCN(CC3CCCCC3)CC2)on1. The highest BCUT2D eigenvalue weighted by Crippen LogP contribution is 2.25. The number of urea groups is 1. The molecule has 1 aromatic heterocycles. The van der Waals surface area contributed by atoms with E-state index in [9.17, 15) is 4.79 Å². The fraction of sp³-hybridized carbons (Fsp3) is 0.789. The Morgan fingerprint density at radius 1 is 1.24 bits per heavy atom. The second-order valence-corrected chi connectivity index (χ2v) is 7.54. The van der Waals surface area contributed by atoms with Gasteiger partial charge in [-0.3, -0.25) is 0 Å². The average molecular weight is 348 g/mol. The normalized spacial score (nSPS) is 20.5. The van der Waals surface area contributed by atoms with Crippen LogP contribution >= 0.6 is 0 Å². The zero-order valence-corrected chi connectivity index (χ0v) is 15.4. The number of aromatic nitrogens is 1. The molecule has 0 spiro atoms. The van der Waals surface area contributed by atoms with Gasteiger partial charge in [-0.1, -0.05) is 31.3 Å². The molecule has 1 saturated carbocycles. The van der Waals surface area contributed by atoms with Gasteiger partial charge in [0.1, 0.15) is 0 Å². The molecule has 0 radical (unpaired) electrons. The third-order valence-electron chi connectivity index (χ3n) is 5.56. The Kier molecular flexibility index (Phi) is 6.73. The van der Waals surface area contributed by atoms with Gasteiger partial charge in [0.15, 0.2) is 5.76 Å². The minimum Gasteiger partial charge on any atom is -0.359 e. The van der Waals surface area contributed by atoms with Crippen molar-refractivity contribution in [3.63, 3.8) is 0 Å². The number of carbonyl (C=O) groups is 1. The number of rotatable bonds is 6. The third-order valence-corrected chi connectivity index (χ3v) is 5.56. The molecule has 0 atom stereocenters. The maximum absolute atomic E-state index is 12.1. The van der Waals surface area contributed by atoms with Crippen LogP contribution in [-0.2, 0) is 13.0 Å². The number of carbonyl (C=O) groups excluding carboxylic acids is 1. The van der Waals surface area contributed by atoms with Crippen LogP contribution in [0.2, 0.25) is 0 Å². The molecule has 2 N–H and O–H groups in total. The van der Waals surface area contributed by atoms with Crippen molar-refractivity contribution in [2.24, 2.45) is 5.92 Å². The molecule has 0 aromatic carbocycles. The molecule has 2 heterocycles. The van der Waals surface area contributed by atoms with Crippen molar-refractivity contribution in [2.75, 3.05) is 19.6 Å². The minimum atomic E-state index is -0.111. The number of hydrogen-bond acceptors (Lipinski definition) is 4. The van der Waals surface area contributed by atoms with Crippen LogP contribution < -0.4 is 10.6 Å². The summed E-state index contributed by atoms with van der Waals surface area (Å²) in [6.45, 7) is 5.87. The highest BCUT2D eigenvalue weighted by atomic mass is 16.5. The smallest absolute Gasteiger partial charge is 0.315 e. The maximum atomic E-state index is 12.1. The molecular weight excluding hydrogens is 316 g/mol. The highest BCUT2D eigenvalue weighted by molar-refractivity contribution is 5.74. The maximum Gasteiger partial charge on any atom is 0.315 e. The average Bonchev–Trinajstić information content (AvgIpc) is 3.11. The van der Waals surface area contributed by atoms with Crippen molar-refractivity contribution in [2.45, 2.75) is 70.9 Å². The first-order chi connectivity index (χ1) is 12.2. The van der Waals surface area contributed by atoms with E-state index >= 15 is 0 Å². The van der Waals surface area contributed by atoms with Gasteiger partial charge in [0.05, 0.1) is 12.2 Å². The predicted octanol–water partition coefficient (Wildman–Crippen LogP) is 3.08. The van der Waals surface area contributed by atoms with Gasteiger partial charge >= 0.3 is 6.03 Å². The first-order valence-corrected chi connectivity index (χ1v) is 9.94. The predicted molar refractivity (Wildman–Crippen MR) is 97.3 cm³/mol. The number of piperidine rings is 1. The monoisotopic (exact) mass is 348 g/mol. The molecular formula is C19H32N4O2. The Morgan fingerprint density at radius 3 is 2.68 bits per heavy atom. The van der Waals surface area contributed by atoms with E-state index in [1.165, 1.54) is 38.6 Å². The summed E-state index contributed by atoms with van der Waals surface area (Å²) in [5.41, 5.74) is 0.919. The van der Waals surface area contributed by atoms with E-state index in [4.69, 9.17) is 4.52 Å². The summed E-state index contributed by atoms with van der Waals surface area (Å²) in [4.78, 5) is 14.7. The molecule has 1 aliphatic carbocycles. The molecule has 6 nitrogen and oxygen atoms in total. The van der Waals surface area contributed by atoms with E-state index in [0.717, 1.165) is 44.0 Å². The Bertz CT molecular complexity index is 531. The second kappa shape index (κ2) is 9.22. The number of hydrogen-bond donors (Lipinski definition) is 2. The summed E-state index contributed by atoms with van der Waals surface area (Å²) in [6, 6.07) is 2.06. The minimum absolute atomic E-state index is 0.111. The number of aryl methyl sites for hydroxylation is 1.